The van der Waals surface area contributed by atoms with Gasteiger partial charge in [0, 0.05) is 47.3 Å². The van der Waals surface area contributed by atoms with Crippen LogP contribution in [0.2, 0.25) is 0 Å². The summed E-state index contributed by atoms with van der Waals surface area (Å²) in [4.78, 5) is 31.1. The minimum atomic E-state index is -0.388. The molecule has 6 rings (SSSR count). The van der Waals surface area contributed by atoms with Crippen LogP contribution in [0, 0.1) is 21.3 Å². The molecule has 0 bridgehead atoms. The second-order valence-electron chi connectivity index (χ2n) is 15.0. The predicted molar refractivity (Wildman–Crippen MR) is 183 cm³/mol. The maximum Gasteiger partial charge on any atom is 0.174 e. The van der Waals surface area contributed by atoms with Gasteiger partial charge < -0.3 is 14.4 Å². The summed E-state index contributed by atoms with van der Waals surface area (Å²) in [6.07, 6.45) is 8.56. The first-order valence-electron chi connectivity index (χ1n) is 16.2. The monoisotopic (exact) mass is 707 g/mol. The fraction of sp³-hybridized carbons (Fsp3) is 0.526. The Morgan fingerprint density at radius 3 is 1.95 bits per heavy atom. The van der Waals surface area contributed by atoms with Crippen molar-refractivity contribution in [2.45, 2.75) is 111 Å². The number of ketones is 2. The van der Waals surface area contributed by atoms with Crippen LogP contribution in [0.25, 0.3) is 0 Å². The van der Waals surface area contributed by atoms with Crippen molar-refractivity contribution < 1.29 is 19.1 Å². The summed E-state index contributed by atoms with van der Waals surface area (Å²) >= 11 is 2.32. The van der Waals surface area contributed by atoms with E-state index in [4.69, 9.17) is 9.47 Å². The van der Waals surface area contributed by atoms with Gasteiger partial charge in [0.05, 0.1) is 10.7 Å². The second-order valence-corrected chi connectivity index (χ2v) is 16.2. The van der Waals surface area contributed by atoms with E-state index in [1.807, 2.05) is 6.07 Å². The van der Waals surface area contributed by atoms with Crippen molar-refractivity contribution in [1.29, 1.82) is 0 Å². The minimum Gasteiger partial charge on any atom is -0.493 e. The maximum atomic E-state index is 14.3. The van der Waals surface area contributed by atoms with Crippen LogP contribution in [0.4, 0.5) is 0 Å². The van der Waals surface area contributed by atoms with Gasteiger partial charge in [-0.05, 0) is 89.3 Å². The standard InChI is InChI=1S/C38H46INO4/c1-23-12-14-24(15-13-23)22-44-36-27(39)16-25(17-32(36)43-6)33-34-28(18-37(2,3)20-30(34)41)40(26-10-8-7-9-11-26)29-19-38(4,5)21-31(42)35(29)33/h12-17,26,33H,7-11,18-22H2,1-6H3. The zero-order chi connectivity index (χ0) is 31.4. The number of ether oxygens (including phenoxy) is 2. The van der Waals surface area contributed by atoms with E-state index in [1.54, 1.807) is 7.11 Å². The zero-order valence-electron chi connectivity index (χ0n) is 27.1. The summed E-state index contributed by atoms with van der Waals surface area (Å²) in [7, 11) is 1.66. The van der Waals surface area contributed by atoms with Crippen LogP contribution in [-0.2, 0) is 16.2 Å². The molecule has 0 N–H and O–H groups in total. The summed E-state index contributed by atoms with van der Waals surface area (Å²) < 4.78 is 13.2. The molecule has 0 radical (unpaired) electrons. The van der Waals surface area contributed by atoms with Crippen molar-refractivity contribution in [3.05, 3.63) is 79.2 Å². The summed E-state index contributed by atoms with van der Waals surface area (Å²) in [5.41, 5.74) is 7.01. The van der Waals surface area contributed by atoms with E-state index in [-0.39, 0.29) is 28.3 Å². The van der Waals surface area contributed by atoms with Gasteiger partial charge in [-0.1, -0.05) is 76.8 Å². The van der Waals surface area contributed by atoms with Crippen molar-refractivity contribution in [3.63, 3.8) is 0 Å². The van der Waals surface area contributed by atoms with Gasteiger partial charge in [-0.25, -0.2) is 0 Å². The summed E-state index contributed by atoms with van der Waals surface area (Å²) in [5, 5.41) is 0. The van der Waals surface area contributed by atoms with Gasteiger partial charge in [0.15, 0.2) is 23.1 Å². The lowest BCUT2D eigenvalue weighted by atomic mass is 9.63. The molecule has 0 spiro atoms. The largest absolute Gasteiger partial charge is 0.493 e. The molecule has 0 amide bonds. The Labute approximate surface area is 276 Å². The molecule has 0 unspecified atom stereocenters. The number of hydrogen-bond acceptors (Lipinski definition) is 5. The molecule has 0 aromatic heterocycles. The lowest BCUT2D eigenvalue weighted by Crippen LogP contribution is -2.48. The molecule has 1 aliphatic heterocycles. The topological polar surface area (TPSA) is 55.8 Å². The highest BCUT2D eigenvalue weighted by Gasteiger charge is 2.50. The molecule has 1 heterocycles. The highest BCUT2D eigenvalue weighted by atomic mass is 127. The number of rotatable bonds is 6. The molecule has 44 heavy (non-hydrogen) atoms. The smallest absolute Gasteiger partial charge is 0.174 e. The van der Waals surface area contributed by atoms with Crippen molar-refractivity contribution in [2.24, 2.45) is 10.8 Å². The fourth-order valence-corrected chi connectivity index (χ4v) is 8.78. The summed E-state index contributed by atoms with van der Waals surface area (Å²) in [6, 6.07) is 12.8. The Balaban J connectivity index is 1.50. The number of nitrogens with zero attached hydrogens (tertiary/aromatic N) is 1. The van der Waals surface area contributed by atoms with Crippen molar-refractivity contribution in [2.75, 3.05) is 7.11 Å². The van der Waals surface area contributed by atoms with E-state index in [9.17, 15) is 9.59 Å². The number of carbonyl (C=O) groups excluding carboxylic acids is 2. The van der Waals surface area contributed by atoms with E-state index >= 15 is 0 Å². The summed E-state index contributed by atoms with van der Waals surface area (Å²) in [6.45, 7) is 11.4. The molecule has 3 aliphatic carbocycles. The molecule has 2 aromatic rings. The van der Waals surface area contributed by atoms with Crippen molar-refractivity contribution >= 4 is 34.2 Å². The van der Waals surface area contributed by atoms with E-state index in [2.05, 4.69) is 92.4 Å². The average Bonchev–Trinajstić information content (AvgIpc) is 2.95. The Bertz CT molecular complexity index is 1490. The SMILES string of the molecule is COc1cc(C2C3=C(CC(C)(C)CC3=O)N(C3CCCCC3)C3=C2C(=O)CC(C)(C)C3)cc(I)c1OCc1ccc(C)cc1. The molecular weight excluding hydrogens is 661 g/mol. The summed E-state index contributed by atoms with van der Waals surface area (Å²) in [5.74, 6) is 1.29. The third-order valence-electron chi connectivity index (χ3n) is 9.98. The molecular formula is C38H46INO4. The number of allylic oxidation sites excluding steroid dienone is 4. The maximum absolute atomic E-state index is 14.3. The predicted octanol–water partition coefficient (Wildman–Crippen LogP) is 9.21. The zero-order valence-corrected chi connectivity index (χ0v) is 29.3. The number of benzene rings is 2. The average molecular weight is 708 g/mol. The van der Waals surface area contributed by atoms with Gasteiger partial charge in [-0.15, -0.1) is 0 Å². The minimum absolute atomic E-state index is 0.126. The lowest BCUT2D eigenvalue weighted by Gasteiger charge is -2.52. The molecule has 4 aliphatic rings. The number of aryl methyl sites for hydroxylation is 1. The third kappa shape index (κ3) is 6.00. The van der Waals surface area contributed by atoms with Crippen LogP contribution in [0.5, 0.6) is 11.5 Å². The van der Waals surface area contributed by atoms with Crippen molar-refractivity contribution in [1.82, 2.24) is 4.90 Å². The third-order valence-corrected chi connectivity index (χ3v) is 10.8. The highest BCUT2D eigenvalue weighted by Crippen LogP contribution is 2.56. The second kappa shape index (κ2) is 12.0. The van der Waals surface area contributed by atoms with E-state index < -0.39 is 0 Å². The molecule has 234 valence electrons. The van der Waals surface area contributed by atoms with E-state index in [0.717, 1.165) is 51.5 Å². The quantitative estimate of drug-likeness (QED) is 0.281. The Kier molecular flexibility index (Phi) is 8.53. The van der Waals surface area contributed by atoms with E-state index in [0.29, 0.717) is 37.0 Å². The van der Waals surface area contributed by atoms with Gasteiger partial charge in [0.25, 0.3) is 0 Å². The van der Waals surface area contributed by atoms with Gasteiger partial charge in [-0.3, -0.25) is 9.59 Å². The van der Waals surface area contributed by atoms with Crippen LogP contribution in [0.1, 0.15) is 108 Å². The lowest BCUT2D eigenvalue weighted by molar-refractivity contribution is -0.119. The molecule has 5 nitrogen and oxygen atoms in total. The molecule has 6 heteroatoms. The van der Waals surface area contributed by atoms with Crippen LogP contribution < -0.4 is 9.47 Å². The van der Waals surface area contributed by atoms with Gasteiger partial charge in [0.2, 0.25) is 0 Å². The molecule has 1 fully saturated rings. The molecule has 0 atom stereocenters. The Hall–Kier alpha value is -2.61. The van der Waals surface area contributed by atoms with Crippen molar-refractivity contribution in [3.8, 4) is 11.5 Å². The fourth-order valence-electron chi connectivity index (χ4n) is 8.00. The molecule has 0 saturated heterocycles. The number of hydrogen-bond donors (Lipinski definition) is 0. The van der Waals surface area contributed by atoms with Crippen LogP contribution in [0.15, 0.2) is 58.9 Å². The molecule has 2 aromatic carbocycles. The normalized spacial score (nSPS) is 22.2. The number of halogens is 1. The first-order valence-corrected chi connectivity index (χ1v) is 17.3. The van der Waals surface area contributed by atoms with Crippen LogP contribution in [-0.4, -0.2) is 29.6 Å². The number of methoxy groups -OCH3 is 1. The first-order chi connectivity index (χ1) is 20.9. The van der Waals surface area contributed by atoms with Crippen LogP contribution in [0.3, 0.4) is 0 Å². The van der Waals surface area contributed by atoms with Gasteiger partial charge in [-0.2, -0.15) is 0 Å². The number of Topliss-reactive ketones (excluding diaryl/α,β-unsaturated/α-hetero) is 2. The Morgan fingerprint density at radius 2 is 1.41 bits per heavy atom. The molecule has 1 saturated carbocycles. The van der Waals surface area contributed by atoms with Crippen LogP contribution >= 0.6 is 22.6 Å². The Morgan fingerprint density at radius 1 is 0.841 bits per heavy atom. The highest BCUT2D eigenvalue weighted by molar-refractivity contribution is 14.1. The van der Waals surface area contributed by atoms with Gasteiger partial charge in [0.1, 0.15) is 6.61 Å². The van der Waals surface area contributed by atoms with E-state index in [1.165, 1.54) is 36.2 Å². The first kappa shape index (κ1) is 31.4. The van der Waals surface area contributed by atoms with Gasteiger partial charge >= 0.3 is 0 Å². The number of carbonyl (C=O) groups is 2.